The third-order valence-electron chi connectivity index (χ3n) is 4.73. The van der Waals surface area contributed by atoms with Crippen molar-refractivity contribution in [1.82, 2.24) is 5.43 Å². The molecule has 0 aliphatic heterocycles. The monoisotopic (exact) mass is 547 g/mol. The number of hydrogen-bond acceptors (Lipinski definition) is 6. The third-order valence-corrected chi connectivity index (χ3v) is 7.01. The van der Waals surface area contributed by atoms with Gasteiger partial charge in [-0.2, -0.15) is 5.10 Å². The molecular weight excluding hydrogens is 525 g/mol. The Hall–Kier alpha value is -3.53. The molecule has 0 radical (unpaired) electrons. The zero-order chi connectivity index (χ0) is 26.1. The highest BCUT2D eigenvalue weighted by molar-refractivity contribution is 7.92. The Morgan fingerprint density at radius 3 is 2.47 bits per heavy atom. The summed E-state index contributed by atoms with van der Waals surface area (Å²) in [6.45, 7) is 3.39. The fourth-order valence-corrected chi connectivity index (χ4v) is 4.78. The number of carbonyl (C=O) groups excluding carboxylic acids is 1. The third kappa shape index (κ3) is 7.00. The summed E-state index contributed by atoms with van der Waals surface area (Å²) in [5.41, 5.74) is 3.19. The molecule has 3 aromatic carbocycles. The number of carbonyl (C=O) groups is 1. The first-order valence-electron chi connectivity index (χ1n) is 10.5. The van der Waals surface area contributed by atoms with E-state index >= 15 is 0 Å². The van der Waals surface area contributed by atoms with Gasteiger partial charge in [-0.25, -0.2) is 13.8 Å². The van der Waals surface area contributed by atoms with Crippen LogP contribution in [0.5, 0.6) is 11.5 Å². The smallest absolute Gasteiger partial charge is 0.264 e. The highest BCUT2D eigenvalue weighted by atomic mass is 35.5. The molecule has 0 saturated heterocycles. The van der Waals surface area contributed by atoms with Crippen LogP contribution in [-0.2, 0) is 14.8 Å². The van der Waals surface area contributed by atoms with Crippen molar-refractivity contribution in [3.05, 3.63) is 95.0 Å². The molecule has 1 N–H and O–H groups in total. The van der Waals surface area contributed by atoms with Crippen molar-refractivity contribution in [1.29, 1.82) is 0 Å². The number of hydrogen-bond donors (Lipinski definition) is 1. The van der Waals surface area contributed by atoms with Crippen molar-refractivity contribution >= 4 is 51.0 Å². The van der Waals surface area contributed by atoms with Crippen LogP contribution in [0, 0.1) is 0 Å². The molecule has 0 fully saturated rings. The minimum Gasteiger partial charge on any atom is -0.493 e. The van der Waals surface area contributed by atoms with E-state index in [1.165, 1.54) is 49.7 Å². The number of ether oxygens (including phenoxy) is 2. The van der Waals surface area contributed by atoms with Crippen molar-refractivity contribution in [3.63, 3.8) is 0 Å². The Morgan fingerprint density at radius 2 is 1.81 bits per heavy atom. The number of nitrogens with zero attached hydrogens (tertiary/aromatic N) is 2. The summed E-state index contributed by atoms with van der Waals surface area (Å²) in [5, 5.41) is 4.64. The first kappa shape index (κ1) is 27.1. The largest absolute Gasteiger partial charge is 0.493 e. The van der Waals surface area contributed by atoms with Crippen molar-refractivity contribution in [2.75, 3.05) is 24.6 Å². The molecule has 0 aliphatic carbocycles. The van der Waals surface area contributed by atoms with E-state index in [1.54, 1.807) is 36.4 Å². The topological polar surface area (TPSA) is 97.3 Å². The van der Waals surface area contributed by atoms with E-state index in [9.17, 15) is 13.2 Å². The number of rotatable bonds is 11. The molecule has 0 aromatic heterocycles. The summed E-state index contributed by atoms with van der Waals surface area (Å²) in [5.74, 6) is 0.345. The van der Waals surface area contributed by atoms with Crippen LogP contribution < -0.4 is 19.2 Å². The zero-order valence-corrected chi connectivity index (χ0v) is 21.6. The van der Waals surface area contributed by atoms with Crippen LogP contribution in [0.25, 0.3) is 0 Å². The van der Waals surface area contributed by atoms with E-state index in [2.05, 4.69) is 17.1 Å². The Kier molecular flexibility index (Phi) is 9.35. The van der Waals surface area contributed by atoms with Crippen molar-refractivity contribution in [2.45, 2.75) is 4.90 Å². The second-order valence-corrected chi connectivity index (χ2v) is 9.98. The number of nitrogens with one attached hydrogen (secondary N) is 1. The number of methoxy groups -OCH3 is 1. The Balaban J connectivity index is 1.79. The van der Waals surface area contributed by atoms with Gasteiger partial charge in [0, 0.05) is 10.0 Å². The average Bonchev–Trinajstić information content (AvgIpc) is 2.86. The van der Waals surface area contributed by atoms with Gasteiger partial charge >= 0.3 is 0 Å². The van der Waals surface area contributed by atoms with E-state index in [4.69, 9.17) is 32.7 Å². The van der Waals surface area contributed by atoms with Crippen LogP contribution in [0.4, 0.5) is 5.69 Å². The number of halogens is 2. The number of sulfonamides is 1. The molecular formula is C25H23Cl2N3O5S. The summed E-state index contributed by atoms with van der Waals surface area (Å²) >= 11 is 12.0. The number of anilines is 1. The summed E-state index contributed by atoms with van der Waals surface area (Å²) in [7, 11) is -2.61. The lowest BCUT2D eigenvalue weighted by Crippen LogP contribution is -2.39. The highest BCUT2D eigenvalue weighted by Crippen LogP contribution is 2.28. The van der Waals surface area contributed by atoms with Gasteiger partial charge in [-0.3, -0.25) is 9.10 Å². The molecule has 0 unspecified atom stereocenters. The molecule has 0 aliphatic rings. The minimum absolute atomic E-state index is 0.0333. The van der Waals surface area contributed by atoms with E-state index in [0.29, 0.717) is 33.7 Å². The maximum Gasteiger partial charge on any atom is 0.264 e. The summed E-state index contributed by atoms with van der Waals surface area (Å²) in [6.07, 6.45) is 3.01. The molecule has 36 heavy (non-hydrogen) atoms. The van der Waals surface area contributed by atoms with Crippen molar-refractivity contribution in [2.24, 2.45) is 5.10 Å². The van der Waals surface area contributed by atoms with Crippen LogP contribution >= 0.6 is 23.2 Å². The number of hydrazone groups is 1. The predicted octanol–water partition coefficient (Wildman–Crippen LogP) is 4.91. The predicted molar refractivity (Wildman–Crippen MR) is 142 cm³/mol. The molecule has 3 rings (SSSR count). The molecule has 0 saturated carbocycles. The molecule has 11 heteroatoms. The van der Waals surface area contributed by atoms with Gasteiger partial charge < -0.3 is 9.47 Å². The standard InChI is InChI=1S/C25H23Cl2N3O5S/c1-3-13-35-23-12-7-18(14-24(23)34-2)16-28-29-25(31)17-30(21-6-4-5-20(27)15-21)36(32,33)22-10-8-19(26)9-11-22/h3-12,14-16H,1,13,17H2,2H3,(H,29,31)/b28-16-. The molecule has 1 amide bonds. The van der Waals surface area contributed by atoms with E-state index in [-0.39, 0.29) is 10.6 Å². The maximum absolute atomic E-state index is 13.4. The minimum atomic E-state index is -4.12. The maximum atomic E-state index is 13.4. The second kappa shape index (κ2) is 12.4. The van der Waals surface area contributed by atoms with Gasteiger partial charge in [0.2, 0.25) is 0 Å². The van der Waals surface area contributed by atoms with Gasteiger partial charge in [-0.1, -0.05) is 41.9 Å². The van der Waals surface area contributed by atoms with Gasteiger partial charge in [0.25, 0.3) is 15.9 Å². The molecule has 3 aromatic rings. The Bertz CT molecular complexity index is 1360. The summed E-state index contributed by atoms with van der Waals surface area (Å²) < 4.78 is 38.5. The van der Waals surface area contributed by atoms with E-state index in [0.717, 1.165) is 4.31 Å². The SMILES string of the molecule is C=CCOc1ccc(/C=N\NC(=O)CN(c2cccc(Cl)c2)S(=O)(=O)c2ccc(Cl)cc2)cc1OC. The Morgan fingerprint density at radius 1 is 1.06 bits per heavy atom. The van der Waals surface area contributed by atoms with Gasteiger partial charge in [-0.05, 0) is 66.2 Å². The molecule has 0 heterocycles. The highest BCUT2D eigenvalue weighted by Gasteiger charge is 2.27. The van der Waals surface area contributed by atoms with Crippen molar-refractivity contribution in [3.8, 4) is 11.5 Å². The van der Waals surface area contributed by atoms with Crippen molar-refractivity contribution < 1.29 is 22.7 Å². The normalized spacial score (nSPS) is 11.2. The molecule has 188 valence electrons. The number of amides is 1. The number of benzene rings is 3. The summed E-state index contributed by atoms with van der Waals surface area (Å²) in [4.78, 5) is 12.7. The van der Waals surface area contributed by atoms with E-state index < -0.39 is 22.5 Å². The lowest BCUT2D eigenvalue weighted by atomic mass is 10.2. The zero-order valence-electron chi connectivity index (χ0n) is 19.2. The first-order chi connectivity index (χ1) is 17.2. The van der Waals surface area contributed by atoms with Crippen LogP contribution in [0.15, 0.2) is 89.4 Å². The summed E-state index contributed by atoms with van der Waals surface area (Å²) in [6, 6.07) is 16.9. The van der Waals surface area contributed by atoms with Crippen LogP contribution in [0.3, 0.4) is 0 Å². The lowest BCUT2D eigenvalue weighted by Gasteiger charge is -2.23. The Labute approximate surface area is 219 Å². The fourth-order valence-electron chi connectivity index (χ4n) is 3.06. The first-order valence-corrected chi connectivity index (χ1v) is 12.7. The quantitative estimate of drug-likeness (QED) is 0.209. The fraction of sp³-hybridized carbons (Fsp3) is 0.120. The van der Waals surface area contributed by atoms with Crippen LogP contribution in [0.1, 0.15) is 5.56 Å². The molecule has 8 nitrogen and oxygen atoms in total. The lowest BCUT2D eigenvalue weighted by molar-refractivity contribution is -0.119. The van der Waals surface area contributed by atoms with Gasteiger partial charge in [0.05, 0.1) is 23.9 Å². The molecule has 0 bridgehead atoms. The van der Waals surface area contributed by atoms with Gasteiger partial charge in [0.1, 0.15) is 13.2 Å². The van der Waals surface area contributed by atoms with Crippen LogP contribution in [-0.4, -0.2) is 40.8 Å². The average molecular weight is 548 g/mol. The molecule has 0 atom stereocenters. The van der Waals surface area contributed by atoms with Gasteiger partial charge in [0.15, 0.2) is 11.5 Å². The molecule has 0 spiro atoms. The second-order valence-electron chi connectivity index (χ2n) is 7.25. The van der Waals surface area contributed by atoms with Gasteiger partial charge in [-0.15, -0.1) is 0 Å². The van der Waals surface area contributed by atoms with E-state index in [1.807, 2.05) is 0 Å². The van der Waals surface area contributed by atoms with Crippen LogP contribution in [0.2, 0.25) is 10.0 Å².